The van der Waals surface area contributed by atoms with Crippen molar-refractivity contribution in [3.05, 3.63) is 12.3 Å². The van der Waals surface area contributed by atoms with Crippen LogP contribution in [0.4, 0.5) is 0 Å². The van der Waals surface area contributed by atoms with Crippen LogP contribution in [0.2, 0.25) is 0 Å². The average Bonchev–Trinajstić information content (AvgIpc) is 2.75. The van der Waals surface area contributed by atoms with Crippen LogP contribution in [0, 0.1) is 11.8 Å². The van der Waals surface area contributed by atoms with Gasteiger partial charge in [0.25, 0.3) is 0 Å². The molecule has 0 radical (unpaired) electrons. The Balaban J connectivity index is 1.67. The molecule has 2 saturated carbocycles. The van der Waals surface area contributed by atoms with Crippen molar-refractivity contribution in [3.8, 4) is 0 Å². The molecular weight excluding hydrogens is 346 g/mol. The Morgan fingerprint density at radius 3 is 2.29 bits per heavy atom. The Morgan fingerprint density at radius 2 is 1.68 bits per heavy atom. The largest absolute Gasteiger partial charge is 0.373 e. The zero-order valence-corrected chi connectivity index (χ0v) is 19.7. The molecule has 1 saturated heterocycles. The third-order valence-corrected chi connectivity index (χ3v) is 8.05. The van der Waals surface area contributed by atoms with Gasteiger partial charge in [-0.05, 0) is 72.2 Å². The summed E-state index contributed by atoms with van der Waals surface area (Å²) < 4.78 is 7.47. The molecule has 28 heavy (non-hydrogen) atoms. The number of ether oxygens (including phenoxy) is 1. The van der Waals surface area contributed by atoms with E-state index in [1.54, 1.807) is 0 Å². The van der Waals surface area contributed by atoms with E-state index in [0.717, 1.165) is 35.6 Å². The van der Waals surface area contributed by atoms with E-state index in [0.29, 0.717) is 12.0 Å². The second kappa shape index (κ2) is 8.65. The van der Waals surface area contributed by atoms with E-state index in [4.69, 9.17) is 4.74 Å². The van der Waals surface area contributed by atoms with Gasteiger partial charge in [-0.15, -0.1) is 0 Å². The predicted molar refractivity (Wildman–Crippen MR) is 118 cm³/mol. The molecule has 4 nitrogen and oxygen atoms in total. The van der Waals surface area contributed by atoms with E-state index in [2.05, 4.69) is 71.2 Å². The highest BCUT2D eigenvalue weighted by molar-refractivity contribution is 5.02. The molecule has 1 heterocycles. The van der Waals surface area contributed by atoms with E-state index in [9.17, 15) is 0 Å². The van der Waals surface area contributed by atoms with Crippen molar-refractivity contribution >= 4 is 0 Å². The SMILES string of the molecule is CN(C)C1CCC(/C=C/N2CCOC(C)(C)C3CC([N+](C)(C)C)CCC32)CC1. The van der Waals surface area contributed by atoms with Gasteiger partial charge >= 0.3 is 0 Å². The van der Waals surface area contributed by atoms with Gasteiger partial charge < -0.3 is 19.0 Å². The Hall–Kier alpha value is -0.580. The number of fused-ring (bicyclic) bond motifs is 1. The third-order valence-electron chi connectivity index (χ3n) is 8.05. The normalized spacial score (nSPS) is 37.1. The van der Waals surface area contributed by atoms with Gasteiger partial charge in [-0.3, -0.25) is 0 Å². The Labute approximate surface area is 174 Å². The van der Waals surface area contributed by atoms with Gasteiger partial charge in [0.05, 0.1) is 39.4 Å². The number of nitrogens with zero attached hydrogens (tertiary/aromatic N) is 3. The van der Waals surface area contributed by atoms with Crippen LogP contribution in [0.15, 0.2) is 12.3 Å². The van der Waals surface area contributed by atoms with Gasteiger partial charge in [-0.2, -0.15) is 0 Å². The first kappa shape index (κ1) is 22.1. The average molecular weight is 393 g/mol. The molecule has 4 heteroatoms. The molecule has 3 fully saturated rings. The first-order chi connectivity index (χ1) is 13.1. The van der Waals surface area contributed by atoms with E-state index < -0.39 is 0 Å². The molecule has 0 bridgehead atoms. The fourth-order valence-electron chi connectivity index (χ4n) is 5.89. The first-order valence-corrected chi connectivity index (χ1v) is 11.6. The number of quaternary nitrogens is 1. The molecule has 162 valence electrons. The lowest BCUT2D eigenvalue weighted by Gasteiger charge is -2.48. The fourth-order valence-corrected chi connectivity index (χ4v) is 5.89. The molecule has 1 aliphatic heterocycles. The minimum Gasteiger partial charge on any atom is -0.373 e. The molecule has 0 aromatic carbocycles. The molecule has 0 aromatic rings. The number of hydrogen-bond acceptors (Lipinski definition) is 3. The van der Waals surface area contributed by atoms with Gasteiger partial charge in [0.2, 0.25) is 0 Å². The van der Waals surface area contributed by atoms with Crippen molar-refractivity contribution in [1.82, 2.24) is 9.80 Å². The van der Waals surface area contributed by atoms with Gasteiger partial charge in [-0.25, -0.2) is 0 Å². The summed E-state index contributed by atoms with van der Waals surface area (Å²) in [5, 5.41) is 0. The van der Waals surface area contributed by atoms with E-state index in [1.165, 1.54) is 44.9 Å². The van der Waals surface area contributed by atoms with Crippen molar-refractivity contribution in [3.63, 3.8) is 0 Å². The monoisotopic (exact) mass is 392 g/mol. The Kier molecular flexibility index (Phi) is 6.83. The quantitative estimate of drug-likeness (QED) is 0.673. The van der Waals surface area contributed by atoms with Gasteiger partial charge in [0.15, 0.2) is 0 Å². The zero-order chi connectivity index (χ0) is 20.5. The number of allylic oxidation sites excluding steroid dienone is 1. The van der Waals surface area contributed by atoms with Crippen LogP contribution in [0.25, 0.3) is 0 Å². The van der Waals surface area contributed by atoms with Crippen molar-refractivity contribution < 1.29 is 9.22 Å². The maximum atomic E-state index is 6.40. The van der Waals surface area contributed by atoms with Crippen LogP contribution in [-0.4, -0.2) is 86.4 Å². The van der Waals surface area contributed by atoms with Crippen molar-refractivity contribution in [1.29, 1.82) is 0 Å². The molecule has 3 rings (SSSR count). The van der Waals surface area contributed by atoms with Crippen LogP contribution in [0.5, 0.6) is 0 Å². The number of hydrogen-bond donors (Lipinski definition) is 0. The minimum atomic E-state index is -0.0229. The molecule has 0 spiro atoms. The summed E-state index contributed by atoms with van der Waals surface area (Å²) in [4.78, 5) is 5.06. The van der Waals surface area contributed by atoms with Crippen LogP contribution in [0.3, 0.4) is 0 Å². The summed E-state index contributed by atoms with van der Waals surface area (Å²) in [7, 11) is 11.5. The summed E-state index contributed by atoms with van der Waals surface area (Å²) >= 11 is 0. The minimum absolute atomic E-state index is 0.0229. The van der Waals surface area contributed by atoms with Crippen LogP contribution in [-0.2, 0) is 4.74 Å². The topological polar surface area (TPSA) is 15.7 Å². The van der Waals surface area contributed by atoms with E-state index in [1.807, 2.05) is 0 Å². The van der Waals surface area contributed by atoms with Crippen LogP contribution in [0.1, 0.15) is 58.8 Å². The molecule has 3 atom stereocenters. The molecular formula is C24H46N3O+. The Morgan fingerprint density at radius 1 is 1.00 bits per heavy atom. The summed E-state index contributed by atoms with van der Waals surface area (Å²) in [5.41, 5.74) is -0.0229. The highest BCUT2D eigenvalue weighted by Crippen LogP contribution is 2.42. The van der Waals surface area contributed by atoms with Gasteiger partial charge in [-0.1, -0.05) is 6.08 Å². The summed E-state index contributed by atoms with van der Waals surface area (Å²) in [6.45, 7) is 6.56. The lowest BCUT2D eigenvalue weighted by Crippen LogP contribution is -2.56. The van der Waals surface area contributed by atoms with Gasteiger partial charge in [0, 0.05) is 37.4 Å². The highest BCUT2D eigenvalue weighted by atomic mass is 16.5. The van der Waals surface area contributed by atoms with Crippen molar-refractivity contribution in [2.45, 2.75) is 82.5 Å². The van der Waals surface area contributed by atoms with Crippen LogP contribution < -0.4 is 0 Å². The van der Waals surface area contributed by atoms with E-state index >= 15 is 0 Å². The molecule has 0 amide bonds. The lowest BCUT2D eigenvalue weighted by atomic mass is 9.72. The summed E-state index contributed by atoms with van der Waals surface area (Å²) in [6.07, 6.45) is 14.3. The zero-order valence-electron chi connectivity index (χ0n) is 19.7. The molecule has 0 N–H and O–H groups in total. The van der Waals surface area contributed by atoms with Crippen molar-refractivity contribution in [2.75, 3.05) is 48.4 Å². The van der Waals surface area contributed by atoms with E-state index in [-0.39, 0.29) is 5.60 Å². The predicted octanol–water partition coefficient (Wildman–Crippen LogP) is 3.97. The van der Waals surface area contributed by atoms with Gasteiger partial charge in [0.1, 0.15) is 0 Å². The standard InChI is InChI=1S/C24H46N3O/c1-24(2)22-18-21(27(5,6)7)12-13-23(22)26(16-17-28-24)15-14-19-8-10-20(11-9-19)25(3)4/h14-15,19-23H,8-13,16-18H2,1-7H3/q+1/b15-14+. The summed E-state index contributed by atoms with van der Waals surface area (Å²) in [6, 6.07) is 2.16. The molecule has 2 aliphatic carbocycles. The lowest BCUT2D eigenvalue weighted by molar-refractivity contribution is -0.898. The third kappa shape index (κ3) is 5.12. The maximum Gasteiger partial charge on any atom is 0.0889 e. The maximum absolute atomic E-state index is 6.40. The Bertz CT molecular complexity index is 528. The second-order valence-corrected chi connectivity index (χ2v) is 11.3. The number of rotatable bonds is 4. The molecule has 3 aliphatic rings. The second-order valence-electron chi connectivity index (χ2n) is 11.3. The summed E-state index contributed by atoms with van der Waals surface area (Å²) in [5.74, 6) is 1.37. The fraction of sp³-hybridized carbons (Fsp3) is 0.917. The van der Waals surface area contributed by atoms with Crippen LogP contribution >= 0.6 is 0 Å². The molecule has 3 unspecified atom stereocenters. The first-order valence-electron chi connectivity index (χ1n) is 11.6. The smallest absolute Gasteiger partial charge is 0.0889 e. The molecule has 0 aromatic heterocycles. The highest BCUT2D eigenvalue weighted by Gasteiger charge is 2.47. The van der Waals surface area contributed by atoms with Crippen molar-refractivity contribution in [2.24, 2.45) is 11.8 Å².